The van der Waals surface area contributed by atoms with Gasteiger partial charge in [0.05, 0.1) is 11.3 Å². The summed E-state index contributed by atoms with van der Waals surface area (Å²) in [6.45, 7) is 6.09. The lowest BCUT2D eigenvalue weighted by atomic mass is 9.89. The summed E-state index contributed by atoms with van der Waals surface area (Å²) in [5.41, 5.74) is 3.17. The van der Waals surface area contributed by atoms with Gasteiger partial charge < -0.3 is 10.5 Å². The van der Waals surface area contributed by atoms with Crippen LogP contribution in [0, 0.1) is 5.41 Å². The fourth-order valence-corrected chi connectivity index (χ4v) is 1.41. The zero-order valence-electron chi connectivity index (χ0n) is 9.74. The van der Waals surface area contributed by atoms with Crippen LogP contribution < -0.4 is 11.3 Å². The number of nitrogens with zero attached hydrogens (tertiary/aromatic N) is 1. The molecular weight excluding hydrogens is 206 g/mol. The second kappa shape index (κ2) is 4.49. The Morgan fingerprint density at radius 3 is 2.56 bits per heavy atom. The number of nitrogens with two attached hydrogens (primary N) is 1. The maximum atomic E-state index is 11.0. The van der Waals surface area contributed by atoms with Gasteiger partial charge in [0.25, 0.3) is 0 Å². The molecule has 1 aromatic rings. The maximum Gasteiger partial charge on any atom is 0.337 e. The second-order valence-electron chi connectivity index (χ2n) is 4.88. The van der Waals surface area contributed by atoms with Gasteiger partial charge in [-0.1, -0.05) is 20.8 Å². The number of nitrogen functional groups attached to an aromatic ring is 1. The van der Waals surface area contributed by atoms with Crippen LogP contribution in [-0.4, -0.2) is 16.1 Å². The van der Waals surface area contributed by atoms with E-state index in [9.17, 15) is 4.79 Å². The van der Waals surface area contributed by atoms with Crippen LogP contribution in [0.15, 0.2) is 12.1 Å². The van der Waals surface area contributed by atoms with Crippen molar-refractivity contribution < 1.29 is 9.90 Å². The molecule has 0 amide bonds. The van der Waals surface area contributed by atoms with Crippen LogP contribution in [-0.2, 0) is 6.42 Å². The highest BCUT2D eigenvalue weighted by Crippen LogP contribution is 2.22. The lowest BCUT2D eigenvalue weighted by Crippen LogP contribution is -2.17. The molecule has 0 aliphatic carbocycles. The average Bonchev–Trinajstić information content (AvgIpc) is 2.14. The Morgan fingerprint density at radius 1 is 1.50 bits per heavy atom. The Hall–Kier alpha value is -1.62. The highest BCUT2D eigenvalue weighted by atomic mass is 16.4. The van der Waals surface area contributed by atoms with Crippen molar-refractivity contribution in [2.75, 3.05) is 5.43 Å². The third-order valence-electron chi connectivity index (χ3n) is 2.05. The molecule has 1 rings (SSSR count). The van der Waals surface area contributed by atoms with Crippen molar-refractivity contribution in [3.05, 3.63) is 23.4 Å². The molecule has 1 heterocycles. The number of carboxylic acids is 1. The quantitative estimate of drug-likeness (QED) is 0.535. The van der Waals surface area contributed by atoms with Crippen LogP contribution in [0.5, 0.6) is 0 Å². The van der Waals surface area contributed by atoms with Gasteiger partial charge in [0.2, 0.25) is 0 Å². The minimum atomic E-state index is -0.963. The van der Waals surface area contributed by atoms with E-state index in [0.29, 0.717) is 17.9 Å². The Labute approximate surface area is 94.7 Å². The van der Waals surface area contributed by atoms with Gasteiger partial charge in [0.1, 0.15) is 5.82 Å². The van der Waals surface area contributed by atoms with Crippen LogP contribution in [0.2, 0.25) is 0 Å². The first kappa shape index (κ1) is 12.4. The average molecular weight is 223 g/mol. The normalized spacial score (nSPS) is 11.2. The highest BCUT2D eigenvalue weighted by Gasteiger charge is 2.18. The summed E-state index contributed by atoms with van der Waals surface area (Å²) < 4.78 is 0. The van der Waals surface area contributed by atoms with Crippen molar-refractivity contribution >= 4 is 11.8 Å². The van der Waals surface area contributed by atoms with Crippen molar-refractivity contribution in [2.45, 2.75) is 27.2 Å². The predicted molar refractivity (Wildman–Crippen MR) is 62.2 cm³/mol. The summed E-state index contributed by atoms with van der Waals surface area (Å²) in [4.78, 5) is 15.2. The molecule has 5 nitrogen and oxygen atoms in total. The second-order valence-corrected chi connectivity index (χ2v) is 4.88. The monoisotopic (exact) mass is 223 g/mol. The largest absolute Gasteiger partial charge is 0.478 e. The molecule has 1 aromatic heterocycles. The van der Waals surface area contributed by atoms with Crippen molar-refractivity contribution in [3.63, 3.8) is 0 Å². The van der Waals surface area contributed by atoms with Crippen LogP contribution in [0.3, 0.4) is 0 Å². The first-order chi connectivity index (χ1) is 7.33. The van der Waals surface area contributed by atoms with Crippen LogP contribution in [0.1, 0.15) is 36.8 Å². The van der Waals surface area contributed by atoms with Crippen molar-refractivity contribution in [1.82, 2.24) is 4.98 Å². The number of hydrazine groups is 1. The Morgan fingerprint density at radius 2 is 2.12 bits per heavy atom. The van der Waals surface area contributed by atoms with Gasteiger partial charge in [0.15, 0.2) is 0 Å². The number of rotatable bonds is 3. The first-order valence-corrected chi connectivity index (χ1v) is 5.03. The van der Waals surface area contributed by atoms with Crippen LogP contribution in [0.25, 0.3) is 0 Å². The zero-order chi connectivity index (χ0) is 12.3. The molecule has 4 N–H and O–H groups in total. The van der Waals surface area contributed by atoms with Crippen LogP contribution in [0.4, 0.5) is 5.82 Å². The SMILES string of the molecule is CC(C)(C)Cc1nc(NN)ccc1C(=O)O. The van der Waals surface area contributed by atoms with Crippen molar-refractivity contribution in [1.29, 1.82) is 0 Å². The van der Waals surface area contributed by atoms with Gasteiger partial charge in [-0.2, -0.15) is 0 Å². The van der Waals surface area contributed by atoms with Gasteiger partial charge >= 0.3 is 5.97 Å². The lowest BCUT2D eigenvalue weighted by molar-refractivity contribution is 0.0694. The Bertz CT molecular complexity index is 397. The summed E-state index contributed by atoms with van der Waals surface area (Å²) in [6, 6.07) is 3.07. The number of aromatic nitrogens is 1. The molecule has 0 aromatic carbocycles. The van der Waals surface area contributed by atoms with E-state index < -0.39 is 5.97 Å². The highest BCUT2D eigenvalue weighted by molar-refractivity contribution is 5.89. The predicted octanol–water partition coefficient (Wildman–Crippen LogP) is 1.65. The van der Waals surface area contributed by atoms with E-state index in [1.165, 1.54) is 6.07 Å². The van der Waals surface area contributed by atoms with Crippen molar-refractivity contribution in [2.24, 2.45) is 11.3 Å². The third kappa shape index (κ3) is 3.20. The molecule has 0 spiro atoms. The molecule has 0 unspecified atom stereocenters. The topological polar surface area (TPSA) is 88.2 Å². The summed E-state index contributed by atoms with van der Waals surface area (Å²) in [5.74, 6) is 4.76. The fourth-order valence-electron chi connectivity index (χ4n) is 1.41. The third-order valence-corrected chi connectivity index (χ3v) is 2.05. The molecule has 16 heavy (non-hydrogen) atoms. The Kier molecular flexibility index (Phi) is 3.49. The van der Waals surface area contributed by atoms with Gasteiger partial charge in [-0.25, -0.2) is 15.6 Å². The molecule has 0 bridgehead atoms. The number of hydrogen-bond acceptors (Lipinski definition) is 4. The molecule has 0 fully saturated rings. The standard InChI is InChI=1S/C11H17N3O2/c1-11(2,3)6-8-7(10(15)16)4-5-9(13-8)14-12/h4-5H,6,12H2,1-3H3,(H,13,14)(H,15,16). The van der Waals surface area contributed by atoms with Crippen LogP contribution >= 0.6 is 0 Å². The molecule has 0 aliphatic rings. The number of carboxylic acid groups (broad SMARTS) is 1. The van der Waals surface area contributed by atoms with Crippen molar-refractivity contribution in [3.8, 4) is 0 Å². The van der Waals surface area contributed by atoms with E-state index in [1.54, 1.807) is 6.07 Å². The molecule has 0 saturated carbocycles. The summed E-state index contributed by atoms with van der Waals surface area (Å²) in [7, 11) is 0. The van der Waals surface area contributed by atoms with Gasteiger partial charge in [-0.15, -0.1) is 0 Å². The van der Waals surface area contributed by atoms with E-state index in [0.717, 1.165) is 0 Å². The fraction of sp³-hybridized carbons (Fsp3) is 0.455. The maximum absolute atomic E-state index is 11.0. The number of carbonyl (C=O) groups is 1. The van der Waals surface area contributed by atoms with E-state index in [1.807, 2.05) is 20.8 Å². The number of anilines is 1. The smallest absolute Gasteiger partial charge is 0.337 e. The lowest BCUT2D eigenvalue weighted by Gasteiger charge is -2.19. The van der Waals surface area contributed by atoms with E-state index in [4.69, 9.17) is 10.9 Å². The molecular formula is C11H17N3O2. The molecule has 88 valence electrons. The summed E-state index contributed by atoms with van der Waals surface area (Å²) in [5, 5.41) is 9.03. The molecule has 0 saturated heterocycles. The van der Waals surface area contributed by atoms with Gasteiger partial charge in [0, 0.05) is 0 Å². The minimum Gasteiger partial charge on any atom is -0.478 e. The molecule has 0 aliphatic heterocycles. The van der Waals surface area contributed by atoms with E-state index in [2.05, 4.69) is 10.4 Å². The Balaban J connectivity index is 3.15. The molecule has 0 radical (unpaired) electrons. The van der Waals surface area contributed by atoms with Gasteiger partial charge in [-0.05, 0) is 24.0 Å². The number of pyridine rings is 1. The number of aromatic carboxylic acids is 1. The first-order valence-electron chi connectivity index (χ1n) is 5.03. The minimum absolute atomic E-state index is 0.0234. The van der Waals surface area contributed by atoms with E-state index >= 15 is 0 Å². The number of hydrogen-bond donors (Lipinski definition) is 3. The van der Waals surface area contributed by atoms with Gasteiger partial charge in [-0.3, -0.25) is 0 Å². The molecule has 5 heteroatoms. The zero-order valence-corrected chi connectivity index (χ0v) is 9.74. The molecule has 0 atom stereocenters. The number of nitrogens with one attached hydrogen (secondary N) is 1. The summed E-state index contributed by atoms with van der Waals surface area (Å²) in [6.07, 6.45) is 0.587. The summed E-state index contributed by atoms with van der Waals surface area (Å²) >= 11 is 0. The van der Waals surface area contributed by atoms with E-state index in [-0.39, 0.29) is 11.0 Å².